The summed E-state index contributed by atoms with van der Waals surface area (Å²) in [4.78, 5) is 13.1. The normalized spacial score (nSPS) is 16.7. The molecule has 1 aliphatic carbocycles. The van der Waals surface area contributed by atoms with E-state index in [0.29, 0.717) is 34.2 Å². The number of anilines is 1. The topological polar surface area (TPSA) is 115 Å². The predicted molar refractivity (Wildman–Crippen MR) is 147 cm³/mol. The van der Waals surface area contributed by atoms with E-state index in [1.54, 1.807) is 42.5 Å². The Morgan fingerprint density at radius 3 is 2.27 bits per heavy atom. The van der Waals surface area contributed by atoms with E-state index in [0.717, 1.165) is 23.2 Å². The molecule has 186 valence electrons. The second-order valence-electron chi connectivity index (χ2n) is 9.26. The molecule has 4 aromatic carbocycles. The first-order valence-corrected chi connectivity index (χ1v) is 13.4. The van der Waals surface area contributed by atoms with E-state index in [1.165, 1.54) is 11.6 Å². The average Bonchev–Trinajstić information content (AvgIpc) is 3.69. The standard InChI is InChI=1S/C30H27N3O3S/c1-19(31)22-7-6-8-23(17-22)26-18-27(26)25-10-2-4-11-28(25)33-30(34)21-15-13-20(14-16-21)24-9-3-5-12-29(24)37(32,35)36/h2-17,26-27H,1,18,31H2,(H,33,34)(H2,32,35,36). The van der Waals surface area contributed by atoms with E-state index >= 15 is 0 Å². The van der Waals surface area contributed by atoms with E-state index in [9.17, 15) is 13.2 Å². The molecule has 1 fully saturated rings. The minimum atomic E-state index is -3.88. The van der Waals surface area contributed by atoms with Crippen molar-refractivity contribution in [3.8, 4) is 11.1 Å². The van der Waals surface area contributed by atoms with Crippen LogP contribution in [0.1, 0.15) is 45.3 Å². The number of para-hydroxylation sites is 1. The number of rotatable bonds is 7. The van der Waals surface area contributed by atoms with Gasteiger partial charge in [0.2, 0.25) is 10.0 Å². The van der Waals surface area contributed by atoms with Gasteiger partial charge in [-0.3, -0.25) is 4.79 Å². The zero-order valence-electron chi connectivity index (χ0n) is 20.1. The maximum absolute atomic E-state index is 13.1. The summed E-state index contributed by atoms with van der Waals surface area (Å²) in [5.74, 6) is 0.419. The molecule has 0 radical (unpaired) electrons. The summed E-state index contributed by atoms with van der Waals surface area (Å²) in [7, 11) is -3.88. The molecule has 37 heavy (non-hydrogen) atoms. The van der Waals surface area contributed by atoms with Crippen molar-refractivity contribution in [2.45, 2.75) is 23.2 Å². The SMILES string of the molecule is C=C(N)c1cccc(C2CC2c2ccccc2NC(=O)c2ccc(-c3ccccc3S(N)(=O)=O)cc2)c1. The quantitative estimate of drug-likeness (QED) is 0.307. The van der Waals surface area contributed by atoms with Gasteiger partial charge >= 0.3 is 0 Å². The first-order chi connectivity index (χ1) is 17.7. The third kappa shape index (κ3) is 5.18. The van der Waals surface area contributed by atoms with Gasteiger partial charge in [0, 0.05) is 22.5 Å². The maximum Gasteiger partial charge on any atom is 0.255 e. The molecular formula is C30H27N3O3S. The number of carbonyl (C=O) groups is 1. The first kappa shape index (κ1) is 24.5. The number of hydrogen-bond donors (Lipinski definition) is 3. The van der Waals surface area contributed by atoms with Crippen molar-refractivity contribution in [2.75, 3.05) is 5.32 Å². The van der Waals surface area contributed by atoms with Crippen molar-refractivity contribution >= 4 is 27.3 Å². The first-order valence-electron chi connectivity index (χ1n) is 11.9. The fourth-order valence-corrected chi connectivity index (χ4v) is 5.52. The summed E-state index contributed by atoms with van der Waals surface area (Å²) in [5, 5.41) is 8.42. The van der Waals surface area contributed by atoms with Crippen LogP contribution in [0.15, 0.2) is 109 Å². The maximum atomic E-state index is 13.1. The lowest BCUT2D eigenvalue weighted by Gasteiger charge is -2.12. The highest BCUT2D eigenvalue weighted by atomic mass is 32.2. The van der Waals surface area contributed by atoms with Crippen LogP contribution in [0.4, 0.5) is 5.69 Å². The molecule has 5 rings (SSSR count). The highest BCUT2D eigenvalue weighted by molar-refractivity contribution is 7.89. The van der Waals surface area contributed by atoms with Crippen molar-refractivity contribution < 1.29 is 13.2 Å². The van der Waals surface area contributed by atoms with Gasteiger partial charge in [0.05, 0.1) is 4.90 Å². The lowest BCUT2D eigenvalue weighted by Crippen LogP contribution is -2.14. The fourth-order valence-electron chi connectivity index (χ4n) is 4.76. The Morgan fingerprint density at radius 2 is 1.54 bits per heavy atom. The summed E-state index contributed by atoms with van der Waals surface area (Å²) in [6.45, 7) is 3.83. The number of nitrogens with two attached hydrogens (primary N) is 2. The molecule has 6 nitrogen and oxygen atoms in total. The molecule has 0 spiro atoms. The van der Waals surface area contributed by atoms with Crippen molar-refractivity contribution in [3.05, 3.63) is 126 Å². The minimum Gasteiger partial charge on any atom is -0.399 e. The van der Waals surface area contributed by atoms with E-state index in [2.05, 4.69) is 30.1 Å². The molecule has 0 aliphatic heterocycles. The van der Waals surface area contributed by atoms with Gasteiger partial charge in [0.25, 0.3) is 5.91 Å². The zero-order chi connectivity index (χ0) is 26.2. The molecule has 0 aromatic heterocycles. The van der Waals surface area contributed by atoms with E-state index in [4.69, 9.17) is 10.9 Å². The number of nitrogens with one attached hydrogen (secondary N) is 1. The van der Waals surface area contributed by atoms with Gasteiger partial charge in [-0.25, -0.2) is 13.6 Å². The molecule has 1 amide bonds. The average molecular weight is 510 g/mol. The van der Waals surface area contributed by atoms with Crippen LogP contribution < -0.4 is 16.2 Å². The molecule has 0 saturated heterocycles. The van der Waals surface area contributed by atoms with E-state index in [1.807, 2.05) is 30.3 Å². The van der Waals surface area contributed by atoms with Crippen LogP contribution in [0.2, 0.25) is 0 Å². The molecule has 7 heteroatoms. The summed E-state index contributed by atoms with van der Waals surface area (Å²) >= 11 is 0. The van der Waals surface area contributed by atoms with Crippen LogP contribution in [0.5, 0.6) is 0 Å². The Balaban J connectivity index is 1.34. The number of amides is 1. The second-order valence-corrected chi connectivity index (χ2v) is 10.8. The summed E-state index contributed by atoms with van der Waals surface area (Å²) < 4.78 is 23.9. The van der Waals surface area contributed by atoms with Gasteiger partial charge in [0.1, 0.15) is 0 Å². The van der Waals surface area contributed by atoms with Gasteiger partial charge in [-0.2, -0.15) is 0 Å². The third-order valence-corrected chi connectivity index (χ3v) is 7.71. The number of carbonyl (C=O) groups excluding carboxylic acids is 1. The van der Waals surface area contributed by atoms with Crippen molar-refractivity contribution in [1.82, 2.24) is 0 Å². The molecule has 1 saturated carbocycles. The Labute approximate surface area is 216 Å². The van der Waals surface area contributed by atoms with Crippen molar-refractivity contribution in [2.24, 2.45) is 10.9 Å². The predicted octanol–water partition coefficient (Wildman–Crippen LogP) is 5.45. The van der Waals surface area contributed by atoms with E-state index in [-0.39, 0.29) is 10.8 Å². The molecule has 4 aromatic rings. The molecule has 0 bridgehead atoms. The molecule has 1 aliphatic rings. The Morgan fingerprint density at radius 1 is 0.838 bits per heavy atom. The van der Waals surface area contributed by atoms with Crippen LogP contribution in [-0.2, 0) is 10.0 Å². The third-order valence-electron chi connectivity index (χ3n) is 6.74. The summed E-state index contributed by atoms with van der Waals surface area (Å²) in [5.41, 5.74) is 12.1. The number of sulfonamides is 1. The van der Waals surface area contributed by atoms with Crippen LogP contribution in [-0.4, -0.2) is 14.3 Å². The second kappa shape index (κ2) is 9.69. The van der Waals surface area contributed by atoms with Crippen molar-refractivity contribution in [3.63, 3.8) is 0 Å². The fraction of sp³-hybridized carbons (Fsp3) is 0.100. The molecule has 2 unspecified atom stereocenters. The minimum absolute atomic E-state index is 0.0430. The Hall–Kier alpha value is -4.20. The van der Waals surface area contributed by atoms with Gasteiger partial charge in [0.15, 0.2) is 0 Å². The van der Waals surface area contributed by atoms with Crippen LogP contribution in [0.25, 0.3) is 16.8 Å². The van der Waals surface area contributed by atoms with E-state index < -0.39 is 10.0 Å². The number of primary sulfonamides is 1. The number of benzene rings is 4. The van der Waals surface area contributed by atoms with Crippen LogP contribution >= 0.6 is 0 Å². The monoisotopic (exact) mass is 509 g/mol. The molecular weight excluding hydrogens is 482 g/mol. The van der Waals surface area contributed by atoms with Crippen LogP contribution in [0, 0.1) is 0 Å². The molecule has 0 heterocycles. The van der Waals surface area contributed by atoms with Gasteiger partial charge in [-0.05, 0) is 70.8 Å². The smallest absolute Gasteiger partial charge is 0.255 e. The largest absolute Gasteiger partial charge is 0.399 e. The summed E-state index contributed by atoms with van der Waals surface area (Å²) in [6, 6.07) is 29.3. The van der Waals surface area contributed by atoms with Crippen molar-refractivity contribution in [1.29, 1.82) is 0 Å². The van der Waals surface area contributed by atoms with Gasteiger partial charge in [-0.1, -0.05) is 73.3 Å². The van der Waals surface area contributed by atoms with Crippen LogP contribution in [0.3, 0.4) is 0 Å². The Bertz CT molecular complexity index is 1610. The molecule has 2 atom stereocenters. The highest BCUT2D eigenvalue weighted by Gasteiger charge is 2.40. The molecule has 5 N–H and O–H groups in total. The lowest BCUT2D eigenvalue weighted by molar-refractivity contribution is 0.102. The Kier molecular flexibility index (Phi) is 6.41. The van der Waals surface area contributed by atoms with Gasteiger partial charge in [-0.15, -0.1) is 0 Å². The highest BCUT2D eigenvalue weighted by Crippen LogP contribution is 2.56. The lowest BCUT2D eigenvalue weighted by atomic mass is 10.0. The summed E-state index contributed by atoms with van der Waals surface area (Å²) in [6.07, 6.45) is 0.992. The van der Waals surface area contributed by atoms with Gasteiger partial charge < -0.3 is 11.1 Å². The zero-order valence-corrected chi connectivity index (χ0v) is 20.9. The number of hydrogen-bond acceptors (Lipinski definition) is 4.